The number of aromatic nitrogens is 3. The van der Waals surface area contributed by atoms with Gasteiger partial charge in [0.05, 0.1) is 11.7 Å². The molecule has 1 saturated heterocycles. The molecule has 0 bridgehead atoms. The van der Waals surface area contributed by atoms with Crippen molar-refractivity contribution >= 4 is 11.7 Å². The molecule has 7 heteroatoms. The average molecular weight is 313 g/mol. The number of hydrogen-bond acceptors (Lipinski definition) is 6. The van der Waals surface area contributed by atoms with E-state index in [1.165, 1.54) is 18.2 Å². The molecule has 0 saturated carbocycles. The predicted octanol–water partition coefficient (Wildman–Crippen LogP) is 1.22. The van der Waals surface area contributed by atoms with Crippen molar-refractivity contribution in [2.75, 3.05) is 25.0 Å². The van der Waals surface area contributed by atoms with Gasteiger partial charge in [-0.3, -0.25) is 4.79 Å². The SMILES string of the molecule is Cc1nc(C(=O)N(C)C2CN(c3cc4c(nn3)CCC4)C2)co1. The van der Waals surface area contributed by atoms with Crippen LogP contribution in [0.3, 0.4) is 0 Å². The summed E-state index contributed by atoms with van der Waals surface area (Å²) < 4.78 is 5.11. The van der Waals surface area contributed by atoms with E-state index >= 15 is 0 Å². The Kier molecular flexibility index (Phi) is 3.28. The van der Waals surface area contributed by atoms with Crippen LogP contribution in [0.5, 0.6) is 0 Å². The van der Waals surface area contributed by atoms with Gasteiger partial charge in [-0.25, -0.2) is 4.98 Å². The standard InChI is InChI=1S/C16H19N5O2/c1-10-17-14(9-23-10)16(22)20(2)12-7-21(8-12)15-6-11-4-3-5-13(11)18-19-15/h6,9,12H,3-5,7-8H2,1-2H3. The zero-order valence-electron chi connectivity index (χ0n) is 13.3. The van der Waals surface area contributed by atoms with Crippen LogP contribution in [0.2, 0.25) is 0 Å². The highest BCUT2D eigenvalue weighted by Gasteiger charge is 2.35. The first-order valence-electron chi connectivity index (χ1n) is 7.91. The summed E-state index contributed by atoms with van der Waals surface area (Å²) in [7, 11) is 1.81. The number of oxazole rings is 1. The van der Waals surface area contributed by atoms with Crippen LogP contribution in [0, 0.1) is 6.92 Å². The zero-order chi connectivity index (χ0) is 16.0. The van der Waals surface area contributed by atoms with Crippen LogP contribution in [-0.2, 0) is 12.8 Å². The topological polar surface area (TPSA) is 75.4 Å². The molecule has 1 aliphatic carbocycles. The number of nitrogens with zero attached hydrogens (tertiary/aromatic N) is 5. The first-order valence-corrected chi connectivity index (χ1v) is 7.91. The fourth-order valence-electron chi connectivity index (χ4n) is 3.17. The van der Waals surface area contributed by atoms with Crippen LogP contribution in [0.15, 0.2) is 16.7 Å². The van der Waals surface area contributed by atoms with Gasteiger partial charge in [-0.2, -0.15) is 5.10 Å². The summed E-state index contributed by atoms with van der Waals surface area (Å²) in [5, 5.41) is 8.64. The van der Waals surface area contributed by atoms with E-state index < -0.39 is 0 Å². The van der Waals surface area contributed by atoms with Crippen molar-refractivity contribution in [3.05, 3.63) is 35.2 Å². The number of aryl methyl sites for hydroxylation is 3. The van der Waals surface area contributed by atoms with Crippen LogP contribution in [0.1, 0.15) is 34.1 Å². The molecule has 4 rings (SSSR count). The highest BCUT2D eigenvalue weighted by Crippen LogP contribution is 2.26. The van der Waals surface area contributed by atoms with Crippen molar-refractivity contribution in [2.24, 2.45) is 0 Å². The Hall–Kier alpha value is -2.44. The molecule has 2 aromatic heterocycles. The van der Waals surface area contributed by atoms with E-state index in [4.69, 9.17) is 4.42 Å². The fraction of sp³-hybridized carbons (Fsp3) is 0.500. The summed E-state index contributed by atoms with van der Waals surface area (Å²) in [5.41, 5.74) is 2.82. The summed E-state index contributed by atoms with van der Waals surface area (Å²) >= 11 is 0. The summed E-state index contributed by atoms with van der Waals surface area (Å²) in [5.74, 6) is 1.32. The molecule has 0 N–H and O–H groups in total. The number of likely N-dealkylation sites (N-methyl/N-ethyl adjacent to an activating group) is 1. The molecule has 0 unspecified atom stereocenters. The van der Waals surface area contributed by atoms with Crippen LogP contribution >= 0.6 is 0 Å². The Bertz CT molecular complexity index is 751. The summed E-state index contributed by atoms with van der Waals surface area (Å²) in [6.07, 6.45) is 4.72. The summed E-state index contributed by atoms with van der Waals surface area (Å²) in [4.78, 5) is 20.3. The van der Waals surface area contributed by atoms with E-state index in [2.05, 4.69) is 26.1 Å². The van der Waals surface area contributed by atoms with Crippen LogP contribution < -0.4 is 4.90 Å². The molecular formula is C16H19N5O2. The third kappa shape index (κ3) is 2.46. The number of carbonyl (C=O) groups is 1. The van der Waals surface area contributed by atoms with Gasteiger partial charge < -0.3 is 14.2 Å². The molecule has 3 heterocycles. The maximum absolute atomic E-state index is 12.3. The minimum absolute atomic E-state index is 0.105. The average Bonchev–Trinajstić information content (AvgIpc) is 3.13. The van der Waals surface area contributed by atoms with Gasteiger partial charge in [-0.1, -0.05) is 0 Å². The van der Waals surface area contributed by atoms with E-state index in [0.29, 0.717) is 11.6 Å². The van der Waals surface area contributed by atoms with Crippen LogP contribution in [0.25, 0.3) is 0 Å². The smallest absolute Gasteiger partial charge is 0.275 e. The van der Waals surface area contributed by atoms with Gasteiger partial charge in [0.1, 0.15) is 6.26 Å². The van der Waals surface area contributed by atoms with Crippen LogP contribution in [0.4, 0.5) is 5.82 Å². The molecule has 2 aliphatic rings. The number of carbonyl (C=O) groups excluding carboxylic acids is 1. The second-order valence-corrected chi connectivity index (χ2v) is 6.25. The van der Waals surface area contributed by atoms with Gasteiger partial charge >= 0.3 is 0 Å². The Balaban J connectivity index is 1.40. The molecular weight excluding hydrogens is 294 g/mol. The minimum Gasteiger partial charge on any atom is -0.448 e. The Morgan fingerprint density at radius 2 is 2.17 bits per heavy atom. The highest BCUT2D eigenvalue weighted by molar-refractivity contribution is 5.92. The van der Waals surface area contributed by atoms with Crippen molar-refractivity contribution in [3.63, 3.8) is 0 Å². The highest BCUT2D eigenvalue weighted by atomic mass is 16.3. The number of amides is 1. The largest absolute Gasteiger partial charge is 0.448 e. The fourth-order valence-corrected chi connectivity index (χ4v) is 3.17. The van der Waals surface area contributed by atoms with E-state index in [1.807, 2.05) is 7.05 Å². The van der Waals surface area contributed by atoms with Gasteiger partial charge in [0, 0.05) is 27.1 Å². The van der Waals surface area contributed by atoms with Gasteiger partial charge in [-0.05, 0) is 30.9 Å². The van der Waals surface area contributed by atoms with E-state index in [-0.39, 0.29) is 11.9 Å². The number of fused-ring (bicyclic) bond motifs is 1. The van der Waals surface area contributed by atoms with Crippen molar-refractivity contribution in [1.29, 1.82) is 0 Å². The maximum atomic E-state index is 12.3. The summed E-state index contributed by atoms with van der Waals surface area (Å²) in [6.45, 7) is 3.27. The minimum atomic E-state index is -0.105. The first kappa shape index (κ1) is 14.2. The number of hydrogen-bond donors (Lipinski definition) is 0. The van der Waals surface area contributed by atoms with Crippen molar-refractivity contribution in [3.8, 4) is 0 Å². The van der Waals surface area contributed by atoms with Crippen molar-refractivity contribution < 1.29 is 9.21 Å². The van der Waals surface area contributed by atoms with Gasteiger partial charge in [0.25, 0.3) is 5.91 Å². The van der Waals surface area contributed by atoms with E-state index in [1.54, 1.807) is 11.8 Å². The lowest BCUT2D eigenvalue weighted by Crippen LogP contribution is -2.60. The van der Waals surface area contributed by atoms with Gasteiger partial charge in [0.15, 0.2) is 17.4 Å². The molecule has 0 spiro atoms. The molecule has 1 aliphatic heterocycles. The maximum Gasteiger partial charge on any atom is 0.275 e. The van der Waals surface area contributed by atoms with Crippen LogP contribution in [-0.4, -0.2) is 52.2 Å². The number of rotatable bonds is 3. The second-order valence-electron chi connectivity index (χ2n) is 6.25. The van der Waals surface area contributed by atoms with Crippen molar-refractivity contribution in [1.82, 2.24) is 20.1 Å². The molecule has 0 aromatic carbocycles. The second kappa shape index (κ2) is 5.33. The molecule has 2 aromatic rings. The quantitative estimate of drug-likeness (QED) is 0.848. The third-order valence-corrected chi connectivity index (χ3v) is 4.70. The lowest BCUT2D eigenvalue weighted by molar-refractivity contribution is 0.0699. The Labute approximate surface area is 134 Å². The molecule has 120 valence electrons. The lowest BCUT2D eigenvalue weighted by atomic mass is 10.1. The molecule has 7 nitrogen and oxygen atoms in total. The molecule has 0 radical (unpaired) electrons. The molecule has 1 fully saturated rings. The van der Waals surface area contributed by atoms with E-state index in [9.17, 15) is 4.79 Å². The predicted molar refractivity (Wildman–Crippen MR) is 83.4 cm³/mol. The zero-order valence-corrected chi connectivity index (χ0v) is 13.3. The van der Waals surface area contributed by atoms with Gasteiger partial charge in [0.2, 0.25) is 0 Å². The molecule has 23 heavy (non-hydrogen) atoms. The Morgan fingerprint density at radius 3 is 2.91 bits per heavy atom. The molecule has 1 amide bonds. The summed E-state index contributed by atoms with van der Waals surface area (Å²) in [6, 6.07) is 2.31. The normalized spacial score (nSPS) is 17.0. The van der Waals surface area contributed by atoms with Crippen molar-refractivity contribution in [2.45, 2.75) is 32.2 Å². The van der Waals surface area contributed by atoms with E-state index in [0.717, 1.165) is 37.4 Å². The Morgan fingerprint density at radius 1 is 1.35 bits per heavy atom. The van der Waals surface area contributed by atoms with Gasteiger partial charge in [-0.15, -0.1) is 5.10 Å². The lowest BCUT2D eigenvalue weighted by Gasteiger charge is -2.44. The first-order chi connectivity index (χ1) is 11.1. The number of anilines is 1. The third-order valence-electron chi connectivity index (χ3n) is 4.70. The molecule has 0 atom stereocenters. The monoisotopic (exact) mass is 313 g/mol.